The van der Waals surface area contributed by atoms with E-state index >= 15 is 0 Å². The maximum atomic E-state index is 13.7. The first-order valence-electron chi connectivity index (χ1n) is 13.9. The first-order valence-corrected chi connectivity index (χ1v) is 13.9. The molecule has 0 aromatic heterocycles. The number of carbonyl (C=O) groups is 4. The monoisotopic (exact) mass is 568 g/mol. The number of nitrogens with one attached hydrogen (secondary N) is 2. The van der Waals surface area contributed by atoms with Crippen LogP contribution < -0.4 is 10.6 Å². The van der Waals surface area contributed by atoms with Gasteiger partial charge in [-0.15, -0.1) is 0 Å². The molecule has 9 heteroatoms. The lowest BCUT2D eigenvalue weighted by atomic mass is 9.79. The van der Waals surface area contributed by atoms with Gasteiger partial charge in [-0.3, -0.25) is 14.4 Å². The average molecular weight is 569 g/mol. The van der Waals surface area contributed by atoms with E-state index in [2.05, 4.69) is 10.6 Å². The molecule has 9 nitrogen and oxygen atoms in total. The number of amides is 2. The van der Waals surface area contributed by atoms with Gasteiger partial charge in [-0.05, 0) is 51.7 Å². The Hall–Kier alpha value is -3.72. The van der Waals surface area contributed by atoms with Gasteiger partial charge >= 0.3 is 12.1 Å². The SMILES string of the molecule is CCC(C)[C@H](NC(=O)[C@H](COCc1ccccc1)NC(=O)OC(C)(C)C)C(=O)C(C)(C)C(=O)OCc1ccccc1. The predicted octanol–water partition coefficient (Wildman–Crippen LogP) is 4.97. The van der Waals surface area contributed by atoms with Crippen molar-refractivity contribution in [1.82, 2.24) is 10.6 Å². The fraction of sp³-hybridized carbons (Fsp3) is 0.500. The molecule has 2 aromatic carbocycles. The van der Waals surface area contributed by atoms with Gasteiger partial charge in [0, 0.05) is 0 Å². The molecule has 0 saturated carbocycles. The summed E-state index contributed by atoms with van der Waals surface area (Å²) < 4.78 is 16.5. The Morgan fingerprint density at radius 3 is 1.85 bits per heavy atom. The zero-order valence-electron chi connectivity index (χ0n) is 25.2. The largest absolute Gasteiger partial charge is 0.460 e. The minimum Gasteiger partial charge on any atom is -0.460 e. The summed E-state index contributed by atoms with van der Waals surface area (Å²) in [4.78, 5) is 52.8. The Balaban J connectivity index is 2.18. The van der Waals surface area contributed by atoms with Gasteiger partial charge in [0.25, 0.3) is 0 Å². The number of benzene rings is 2. The lowest BCUT2D eigenvalue weighted by Crippen LogP contribution is -2.58. The minimum atomic E-state index is -1.53. The van der Waals surface area contributed by atoms with Gasteiger partial charge in [0.05, 0.1) is 19.3 Å². The van der Waals surface area contributed by atoms with E-state index in [0.29, 0.717) is 6.42 Å². The fourth-order valence-electron chi connectivity index (χ4n) is 3.85. The van der Waals surface area contributed by atoms with Crippen LogP contribution in [0.5, 0.6) is 0 Å². The second kappa shape index (κ2) is 15.3. The normalized spacial score (nSPS) is 13.8. The standard InChI is InChI=1S/C32H44N2O7/c1-8-22(2)26(27(35)32(6,7)29(37)40-20-24-17-13-10-14-18-24)34-28(36)25(33-30(38)41-31(3,4)5)21-39-19-23-15-11-9-12-16-23/h9-18,22,25-26H,8,19-21H2,1-7H3,(H,33,38)(H,34,36)/t22?,25-,26-/m0/s1. The van der Waals surface area contributed by atoms with Crippen LogP contribution in [0.25, 0.3) is 0 Å². The lowest BCUT2D eigenvalue weighted by molar-refractivity contribution is -0.161. The van der Waals surface area contributed by atoms with Crippen molar-refractivity contribution in [3.05, 3.63) is 71.8 Å². The number of ether oxygens (including phenoxy) is 3. The van der Waals surface area contributed by atoms with Crippen molar-refractivity contribution < 1.29 is 33.4 Å². The number of ketones is 1. The van der Waals surface area contributed by atoms with Crippen LogP contribution in [0.4, 0.5) is 4.79 Å². The number of hydrogen-bond acceptors (Lipinski definition) is 7. The molecule has 0 aliphatic rings. The maximum absolute atomic E-state index is 13.7. The zero-order valence-corrected chi connectivity index (χ0v) is 25.2. The number of alkyl carbamates (subject to hydrolysis) is 1. The average Bonchev–Trinajstić information content (AvgIpc) is 2.93. The topological polar surface area (TPSA) is 120 Å². The summed E-state index contributed by atoms with van der Waals surface area (Å²) in [5, 5.41) is 5.33. The third-order valence-corrected chi connectivity index (χ3v) is 6.54. The lowest BCUT2D eigenvalue weighted by Gasteiger charge is -2.31. The van der Waals surface area contributed by atoms with Gasteiger partial charge in [-0.1, -0.05) is 80.9 Å². The Bertz CT molecular complexity index is 1140. The first kappa shape index (κ1) is 33.5. The predicted molar refractivity (Wildman–Crippen MR) is 156 cm³/mol. The second-order valence-electron chi connectivity index (χ2n) is 11.6. The van der Waals surface area contributed by atoms with Crippen molar-refractivity contribution in [2.24, 2.45) is 11.3 Å². The molecule has 0 saturated heterocycles. The molecule has 2 N–H and O–H groups in total. The number of hydrogen-bond donors (Lipinski definition) is 2. The van der Waals surface area contributed by atoms with Crippen LogP contribution in [0.2, 0.25) is 0 Å². The van der Waals surface area contributed by atoms with E-state index in [1.165, 1.54) is 13.8 Å². The summed E-state index contributed by atoms with van der Waals surface area (Å²) in [6.07, 6.45) is -0.238. The molecule has 3 atom stereocenters. The molecule has 0 aliphatic heterocycles. The van der Waals surface area contributed by atoms with E-state index in [1.807, 2.05) is 74.5 Å². The van der Waals surface area contributed by atoms with Crippen molar-refractivity contribution in [3.63, 3.8) is 0 Å². The van der Waals surface area contributed by atoms with Gasteiger partial charge in [-0.25, -0.2) is 4.79 Å². The molecule has 224 valence electrons. The van der Waals surface area contributed by atoms with Crippen molar-refractivity contribution in [2.75, 3.05) is 6.61 Å². The minimum absolute atomic E-state index is 0.0252. The number of Topliss-reactive ketones (excluding diaryl/α,β-unsaturated/α-hetero) is 1. The molecule has 0 fully saturated rings. The maximum Gasteiger partial charge on any atom is 0.408 e. The molecule has 41 heavy (non-hydrogen) atoms. The summed E-state index contributed by atoms with van der Waals surface area (Å²) >= 11 is 0. The first-order chi connectivity index (χ1) is 19.2. The van der Waals surface area contributed by atoms with E-state index in [4.69, 9.17) is 14.2 Å². The molecule has 2 rings (SSSR count). The summed E-state index contributed by atoms with van der Waals surface area (Å²) in [5.41, 5.74) is -0.626. The van der Waals surface area contributed by atoms with Crippen molar-refractivity contribution in [2.45, 2.75) is 85.8 Å². The molecule has 0 spiro atoms. The quantitative estimate of drug-likeness (QED) is 0.244. The van der Waals surface area contributed by atoms with Crippen LogP contribution in [0.1, 0.15) is 66.0 Å². The second-order valence-corrected chi connectivity index (χ2v) is 11.6. The van der Waals surface area contributed by atoms with Crippen LogP contribution in [-0.2, 0) is 41.8 Å². The highest BCUT2D eigenvalue weighted by Gasteiger charge is 2.44. The smallest absolute Gasteiger partial charge is 0.408 e. The zero-order chi connectivity index (χ0) is 30.6. The molecular weight excluding hydrogens is 524 g/mol. The van der Waals surface area contributed by atoms with Crippen molar-refractivity contribution in [1.29, 1.82) is 0 Å². The van der Waals surface area contributed by atoms with E-state index in [-0.39, 0.29) is 25.7 Å². The highest BCUT2D eigenvalue weighted by molar-refractivity contribution is 6.07. The van der Waals surface area contributed by atoms with Gasteiger partial charge in [0.1, 0.15) is 23.7 Å². The summed E-state index contributed by atoms with van der Waals surface area (Å²) in [5.74, 6) is -2.11. The highest BCUT2D eigenvalue weighted by atomic mass is 16.6. The summed E-state index contributed by atoms with van der Waals surface area (Å²) in [7, 11) is 0. The van der Waals surface area contributed by atoms with Crippen LogP contribution in [0.3, 0.4) is 0 Å². The third-order valence-electron chi connectivity index (χ3n) is 6.54. The van der Waals surface area contributed by atoms with Gasteiger partial charge in [-0.2, -0.15) is 0 Å². The number of carbonyl (C=O) groups excluding carboxylic acids is 4. The van der Waals surface area contributed by atoms with Crippen LogP contribution in [-0.4, -0.2) is 48.0 Å². The molecule has 0 heterocycles. The molecule has 2 aromatic rings. The summed E-state index contributed by atoms with van der Waals surface area (Å²) in [6.45, 7) is 11.9. The Kier molecular flexibility index (Phi) is 12.5. The van der Waals surface area contributed by atoms with E-state index in [9.17, 15) is 19.2 Å². The van der Waals surface area contributed by atoms with Crippen LogP contribution >= 0.6 is 0 Å². The molecule has 0 bridgehead atoms. The van der Waals surface area contributed by atoms with Crippen LogP contribution in [0.15, 0.2) is 60.7 Å². The molecule has 0 radical (unpaired) electrons. The van der Waals surface area contributed by atoms with E-state index < -0.39 is 46.9 Å². The molecule has 2 amide bonds. The number of esters is 1. The summed E-state index contributed by atoms with van der Waals surface area (Å²) in [6, 6.07) is 16.4. The van der Waals surface area contributed by atoms with E-state index in [0.717, 1.165) is 11.1 Å². The Morgan fingerprint density at radius 2 is 1.34 bits per heavy atom. The Morgan fingerprint density at radius 1 is 0.805 bits per heavy atom. The van der Waals surface area contributed by atoms with Crippen LogP contribution in [0, 0.1) is 11.3 Å². The van der Waals surface area contributed by atoms with Gasteiger partial charge in [0.2, 0.25) is 5.91 Å². The highest BCUT2D eigenvalue weighted by Crippen LogP contribution is 2.25. The number of rotatable bonds is 14. The third kappa shape index (κ3) is 11.0. The fourth-order valence-corrected chi connectivity index (χ4v) is 3.85. The Labute approximate surface area is 243 Å². The van der Waals surface area contributed by atoms with Gasteiger partial charge in [0.15, 0.2) is 5.78 Å². The van der Waals surface area contributed by atoms with E-state index in [1.54, 1.807) is 20.8 Å². The van der Waals surface area contributed by atoms with Crippen molar-refractivity contribution in [3.8, 4) is 0 Å². The molecular formula is C32H44N2O7. The van der Waals surface area contributed by atoms with Gasteiger partial charge < -0.3 is 24.8 Å². The molecule has 1 unspecified atom stereocenters. The van der Waals surface area contributed by atoms with Crippen molar-refractivity contribution >= 4 is 23.8 Å². The molecule has 0 aliphatic carbocycles.